The Hall–Kier alpha value is -1.07. The first-order chi connectivity index (χ1) is 6.72. The van der Waals surface area contributed by atoms with Crippen LogP contribution in [0.5, 0.6) is 0 Å². The number of anilines is 2. The van der Waals surface area contributed by atoms with Crippen molar-refractivity contribution in [3.05, 3.63) is 11.3 Å². The molecule has 2 N–H and O–H groups in total. The number of aromatic nitrogens is 2. The Labute approximate surface area is 86.8 Å². The molecule has 0 spiro atoms. The minimum absolute atomic E-state index is 0.266. The summed E-state index contributed by atoms with van der Waals surface area (Å²) in [5, 5.41) is 0.419. The molecule has 5 nitrogen and oxygen atoms in total. The molecule has 0 aliphatic carbocycles. The summed E-state index contributed by atoms with van der Waals surface area (Å²) in [4.78, 5) is 9.88. The normalized spacial score (nSPS) is 16.9. The standard InChI is InChI=1S/C8H11ClN4O/c1-14-5-2-13(3-5)8-6(9)7(10)11-4-12-8/h4-5H,2-3H2,1H3,(H2,10,11,12). The first kappa shape index (κ1) is 9.48. The summed E-state index contributed by atoms with van der Waals surface area (Å²) in [6, 6.07) is 0. The number of halogens is 1. The quantitative estimate of drug-likeness (QED) is 0.779. The van der Waals surface area contributed by atoms with Crippen LogP contribution in [-0.2, 0) is 4.74 Å². The molecular formula is C8H11ClN4O. The van der Waals surface area contributed by atoms with E-state index in [4.69, 9.17) is 22.1 Å². The molecule has 1 aliphatic rings. The molecule has 1 aromatic heterocycles. The lowest BCUT2D eigenvalue weighted by Gasteiger charge is -2.39. The number of methoxy groups -OCH3 is 1. The molecule has 0 atom stereocenters. The Kier molecular flexibility index (Phi) is 2.43. The van der Waals surface area contributed by atoms with Crippen molar-refractivity contribution in [2.45, 2.75) is 6.10 Å². The van der Waals surface area contributed by atoms with Gasteiger partial charge in [0.15, 0.2) is 5.82 Å². The highest BCUT2D eigenvalue weighted by Crippen LogP contribution is 2.30. The maximum absolute atomic E-state index is 5.96. The van der Waals surface area contributed by atoms with Crippen molar-refractivity contribution >= 4 is 23.2 Å². The van der Waals surface area contributed by atoms with Gasteiger partial charge in [-0.05, 0) is 0 Å². The Bertz CT molecular complexity index is 340. The molecular weight excluding hydrogens is 204 g/mol. The van der Waals surface area contributed by atoms with Crippen LogP contribution in [0.2, 0.25) is 5.02 Å². The van der Waals surface area contributed by atoms with Crippen LogP contribution in [-0.4, -0.2) is 36.3 Å². The fourth-order valence-electron chi connectivity index (χ4n) is 1.35. The van der Waals surface area contributed by atoms with E-state index in [1.807, 2.05) is 4.90 Å². The third-order valence-corrected chi connectivity index (χ3v) is 2.64. The molecule has 2 heterocycles. The SMILES string of the molecule is COC1CN(c2ncnc(N)c2Cl)C1. The van der Waals surface area contributed by atoms with Gasteiger partial charge in [0.1, 0.15) is 17.2 Å². The van der Waals surface area contributed by atoms with Crippen molar-refractivity contribution in [2.24, 2.45) is 0 Å². The van der Waals surface area contributed by atoms with Crippen LogP contribution in [0, 0.1) is 0 Å². The molecule has 14 heavy (non-hydrogen) atoms. The van der Waals surface area contributed by atoms with Gasteiger partial charge >= 0.3 is 0 Å². The number of rotatable bonds is 2. The summed E-state index contributed by atoms with van der Waals surface area (Å²) in [5.74, 6) is 1.00. The topological polar surface area (TPSA) is 64.3 Å². The van der Waals surface area contributed by atoms with E-state index in [-0.39, 0.29) is 6.10 Å². The zero-order valence-electron chi connectivity index (χ0n) is 7.77. The molecule has 1 aliphatic heterocycles. The van der Waals surface area contributed by atoms with Gasteiger partial charge in [-0.3, -0.25) is 0 Å². The van der Waals surface area contributed by atoms with Gasteiger partial charge in [0.2, 0.25) is 0 Å². The number of nitrogen functional groups attached to an aromatic ring is 1. The maximum atomic E-state index is 5.96. The van der Waals surface area contributed by atoms with E-state index in [1.54, 1.807) is 7.11 Å². The summed E-state index contributed by atoms with van der Waals surface area (Å²) in [6.07, 6.45) is 1.68. The molecule has 0 unspecified atom stereocenters. The van der Waals surface area contributed by atoms with Crippen molar-refractivity contribution in [1.82, 2.24) is 9.97 Å². The smallest absolute Gasteiger partial charge is 0.153 e. The summed E-state index contributed by atoms with van der Waals surface area (Å²) >= 11 is 5.96. The Morgan fingerprint density at radius 2 is 2.29 bits per heavy atom. The van der Waals surface area contributed by atoms with E-state index >= 15 is 0 Å². The number of nitrogens with two attached hydrogens (primary N) is 1. The van der Waals surface area contributed by atoms with Gasteiger partial charge in [-0.25, -0.2) is 9.97 Å². The minimum Gasteiger partial charge on any atom is -0.382 e. The molecule has 2 rings (SSSR count). The molecule has 76 valence electrons. The minimum atomic E-state index is 0.266. The zero-order chi connectivity index (χ0) is 10.1. The predicted molar refractivity (Wildman–Crippen MR) is 54.5 cm³/mol. The number of nitrogens with zero attached hydrogens (tertiary/aromatic N) is 3. The molecule has 1 aromatic rings. The van der Waals surface area contributed by atoms with E-state index < -0.39 is 0 Å². The van der Waals surface area contributed by atoms with E-state index in [1.165, 1.54) is 6.33 Å². The van der Waals surface area contributed by atoms with E-state index in [0.717, 1.165) is 13.1 Å². The number of ether oxygens (including phenoxy) is 1. The average Bonchev–Trinajstić information content (AvgIpc) is 2.10. The van der Waals surface area contributed by atoms with Gasteiger partial charge in [0.05, 0.1) is 6.10 Å². The Balaban J connectivity index is 2.14. The van der Waals surface area contributed by atoms with Crippen LogP contribution in [0.3, 0.4) is 0 Å². The number of hydrogen-bond acceptors (Lipinski definition) is 5. The van der Waals surface area contributed by atoms with Crippen molar-refractivity contribution < 1.29 is 4.74 Å². The summed E-state index contributed by atoms with van der Waals surface area (Å²) in [6.45, 7) is 1.60. The lowest BCUT2D eigenvalue weighted by Crippen LogP contribution is -2.52. The third kappa shape index (κ3) is 1.49. The fourth-order valence-corrected chi connectivity index (χ4v) is 1.57. The van der Waals surface area contributed by atoms with Crippen LogP contribution >= 0.6 is 11.6 Å². The zero-order valence-corrected chi connectivity index (χ0v) is 8.53. The highest BCUT2D eigenvalue weighted by atomic mass is 35.5. The summed E-state index contributed by atoms with van der Waals surface area (Å²) in [7, 11) is 1.69. The predicted octanol–water partition coefficient (Wildman–Crippen LogP) is 0.547. The van der Waals surface area contributed by atoms with Crippen LogP contribution < -0.4 is 10.6 Å². The molecule has 6 heteroatoms. The number of hydrogen-bond donors (Lipinski definition) is 1. The van der Waals surface area contributed by atoms with Gasteiger partial charge < -0.3 is 15.4 Å². The molecule has 1 saturated heterocycles. The van der Waals surface area contributed by atoms with Gasteiger partial charge in [0.25, 0.3) is 0 Å². The maximum Gasteiger partial charge on any atom is 0.153 e. The second-order valence-electron chi connectivity index (χ2n) is 3.16. The van der Waals surface area contributed by atoms with Gasteiger partial charge in [-0.15, -0.1) is 0 Å². The second-order valence-corrected chi connectivity index (χ2v) is 3.54. The molecule has 0 aromatic carbocycles. The van der Waals surface area contributed by atoms with E-state index in [9.17, 15) is 0 Å². The van der Waals surface area contributed by atoms with Crippen LogP contribution in [0.25, 0.3) is 0 Å². The monoisotopic (exact) mass is 214 g/mol. The van der Waals surface area contributed by atoms with E-state index in [0.29, 0.717) is 16.7 Å². The third-order valence-electron chi connectivity index (χ3n) is 2.28. The van der Waals surface area contributed by atoms with Crippen LogP contribution in [0.15, 0.2) is 6.33 Å². The van der Waals surface area contributed by atoms with Gasteiger partial charge in [0, 0.05) is 20.2 Å². The summed E-state index contributed by atoms with van der Waals surface area (Å²) in [5.41, 5.74) is 5.56. The highest BCUT2D eigenvalue weighted by Gasteiger charge is 2.29. The van der Waals surface area contributed by atoms with Crippen molar-refractivity contribution in [3.63, 3.8) is 0 Å². The first-order valence-corrected chi connectivity index (χ1v) is 4.64. The molecule has 0 bridgehead atoms. The van der Waals surface area contributed by atoms with Crippen LogP contribution in [0.4, 0.5) is 11.6 Å². The van der Waals surface area contributed by atoms with Gasteiger partial charge in [-0.2, -0.15) is 0 Å². The van der Waals surface area contributed by atoms with Crippen molar-refractivity contribution in [3.8, 4) is 0 Å². The van der Waals surface area contributed by atoms with Crippen LogP contribution in [0.1, 0.15) is 0 Å². The molecule has 0 amide bonds. The molecule has 1 fully saturated rings. The average molecular weight is 215 g/mol. The fraction of sp³-hybridized carbons (Fsp3) is 0.500. The highest BCUT2D eigenvalue weighted by molar-refractivity contribution is 6.35. The molecule has 0 radical (unpaired) electrons. The molecule has 0 saturated carbocycles. The Morgan fingerprint density at radius 1 is 1.57 bits per heavy atom. The second kappa shape index (κ2) is 3.59. The Morgan fingerprint density at radius 3 is 2.93 bits per heavy atom. The van der Waals surface area contributed by atoms with Crippen molar-refractivity contribution in [1.29, 1.82) is 0 Å². The van der Waals surface area contributed by atoms with Gasteiger partial charge in [-0.1, -0.05) is 11.6 Å². The van der Waals surface area contributed by atoms with E-state index in [2.05, 4.69) is 9.97 Å². The van der Waals surface area contributed by atoms with Crippen molar-refractivity contribution in [2.75, 3.05) is 30.8 Å². The summed E-state index contributed by atoms with van der Waals surface area (Å²) < 4.78 is 5.15. The first-order valence-electron chi connectivity index (χ1n) is 4.26. The lowest BCUT2D eigenvalue weighted by atomic mass is 10.2. The largest absolute Gasteiger partial charge is 0.382 e. The lowest BCUT2D eigenvalue weighted by molar-refractivity contribution is 0.0783.